The number of rotatable bonds is 3. The van der Waals surface area contributed by atoms with Crippen LogP contribution in [0, 0.1) is 6.92 Å². The van der Waals surface area contributed by atoms with E-state index in [9.17, 15) is 4.79 Å². The Morgan fingerprint density at radius 1 is 1.60 bits per heavy atom. The Bertz CT molecular complexity index is 340. The van der Waals surface area contributed by atoms with Crippen LogP contribution in [-0.2, 0) is 11.2 Å². The number of carbonyl (C=O) groups excluding carboxylic acids is 1. The lowest BCUT2D eigenvalue weighted by atomic mass is 10.2. The Balaban J connectivity index is 1.84. The van der Waals surface area contributed by atoms with Crippen LogP contribution in [0.15, 0.2) is 10.8 Å². The third kappa shape index (κ3) is 2.58. The lowest BCUT2D eigenvalue weighted by Crippen LogP contribution is -2.33. The van der Waals surface area contributed by atoms with Crippen molar-refractivity contribution >= 4 is 5.91 Å². The second kappa shape index (κ2) is 4.47. The number of oxazole rings is 1. The molecule has 1 aromatic heterocycles. The van der Waals surface area contributed by atoms with Crippen LogP contribution in [0.4, 0.5) is 0 Å². The summed E-state index contributed by atoms with van der Waals surface area (Å²) in [5, 5.41) is 3.02. The van der Waals surface area contributed by atoms with Gasteiger partial charge in [-0.1, -0.05) is 12.8 Å². The molecule has 0 aromatic carbocycles. The van der Waals surface area contributed by atoms with E-state index >= 15 is 0 Å². The maximum Gasteiger partial charge on any atom is 0.227 e. The average molecular weight is 208 g/mol. The first-order valence-electron chi connectivity index (χ1n) is 5.44. The number of aryl methyl sites for hydroxylation is 1. The maximum atomic E-state index is 11.6. The van der Waals surface area contributed by atoms with Gasteiger partial charge in [0.05, 0.1) is 12.1 Å². The second-order valence-corrected chi connectivity index (χ2v) is 4.09. The summed E-state index contributed by atoms with van der Waals surface area (Å²) < 4.78 is 5.13. The third-order valence-corrected chi connectivity index (χ3v) is 2.89. The van der Waals surface area contributed by atoms with E-state index in [1.165, 1.54) is 19.2 Å². The van der Waals surface area contributed by atoms with Gasteiger partial charge in [0.1, 0.15) is 5.76 Å². The van der Waals surface area contributed by atoms with Gasteiger partial charge < -0.3 is 9.73 Å². The summed E-state index contributed by atoms with van der Waals surface area (Å²) in [6, 6.07) is 0.376. The van der Waals surface area contributed by atoms with Crippen molar-refractivity contribution in [3.05, 3.63) is 17.8 Å². The van der Waals surface area contributed by atoms with E-state index in [-0.39, 0.29) is 5.91 Å². The Morgan fingerprint density at radius 2 is 2.33 bits per heavy atom. The first kappa shape index (κ1) is 10.2. The van der Waals surface area contributed by atoms with Crippen LogP contribution >= 0.6 is 0 Å². The highest BCUT2D eigenvalue weighted by atomic mass is 16.3. The topological polar surface area (TPSA) is 55.1 Å². The predicted octanol–water partition coefficient (Wildman–Crippen LogP) is 1.58. The van der Waals surface area contributed by atoms with Crippen LogP contribution in [-0.4, -0.2) is 16.9 Å². The summed E-state index contributed by atoms with van der Waals surface area (Å²) in [7, 11) is 0. The predicted molar refractivity (Wildman–Crippen MR) is 55.3 cm³/mol. The van der Waals surface area contributed by atoms with Crippen LogP contribution in [0.1, 0.15) is 37.1 Å². The highest BCUT2D eigenvalue weighted by Gasteiger charge is 2.18. The molecule has 82 valence electrons. The summed E-state index contributed by atoms with van der Waals surface area (Å²) >= 11 is 0. The standard InChI is InChI=1S/C11H16N2O2/c1-8-10(15-7-12-8)6-11(14)13-9-4-2-3-5-9/h7,9H,2-6H2,1H3,(H,13,14). The largest absolute Gasteiger partial charge is 0.448 e. The minimum Gasteiger partial charge on any atom is -0.448 e. The fourth-order valence-corrected chi connectivity index (χ4v) is 1.99. The number of hydrogen-bond donors (Lipinski definition) is 1. The number of amides is 1. The monoisotopic (exact) mass is 208 g/mol. The van der Waals surface area contributed by atoms with Gasteiger partial charge in [-0.2, -0.15) is 0 Å². The molecule has 2 rings (SSSR count). The lowest BCUT2D eigenvalue weighted by Gasteiger charge is -2.10. The van der Waals surface area contributed by atoms with Gasteiger partial charge in [-0.15, -0.1) is 0 Å². The first-order valence-corrected chi connectivity index (χ1v) is 5.44. The van der Waals surface area contributed by atoms with E-state index in [0.717, 1.165) is 18.5 Å². The van der Waals surface area contributed by atoms with Crippen LogP contribution in [0.25, 0.3) is 0 Å². The molecular weight excluding hydrogens is 192 g/mol. The fourth-order valence-electron chi connectivity index (χ4n) is 1.99. The molecule has 15 heavy (non-hydrogen) atoms. The van der Waals surface area contributed by atoms with Crippen molar-refractivity contribution in [2.45, 2.75) is 45.1 Å². The zero-order chi connectivity index (χ0) is 10.7. The van der Waals surface area contributed by atoms with E-state index in [1.807, 2.05) is 6.92 Å². The van der Waals surface area contributed by atoms with Crippen molar-refractivity contribution in [3.63, 3.8) is 0 Å². The second-order valence-electron chi connectivity index (χ2n) is 4.09. The molecule has 4 nitrogen and oxygen atoms in total. The molecule has 0 unspecified atom stereocenters. The summed E-state index contributed by atoms with van der Waals surface area (Å²) in [5.74, 6) is 0.715. The molecule has 0 spiro atoms. The van der Waals surface area contributed by atoms with Crippen molar-refractivity contribution in [3.8, 4) is 0 Å². The van der Waals surface area contributed by atoms with Crippen molar-refractivity contribution in [2.24, 2.45) is 0 Å². The molecule has 1 aliphatic rings. The normalized spacial score (nSPS) is 16.9. The zero-order valence-electron chi connectivity index (χ0n) is 8.95. The minimum atomic E-state index is 0.0433. The molecule has 1 N–H and O–H groups in total. The highest BCUT2D eigenvalue weighted by Crippen LogP contribution is 2.17. The van der Waals surface area contributed by atoms with Gasteiger partial charge in [0.2, 0.25) is 5.91 Å². The molecule has 4 heteroatoms. The number of nitrogens with zero attached hydrogens (tertiary/aromatic N) is 1. The minimum absolute atomic E-state index is 0.0433. The van der Waals surface area contributed by atoms with Crippen molar-refractivity contribution in [1.82, 2.24) is 10.3 Å². The van der Waals surface area contributed by atoms with Gasteiger partial charge in [0.25, 0.3) is 0 Å². The highest BCUT2D eigenvalue weighted by molar-refractivity contribution is 5.78. The molecule has 1 aromatic rings. The van der Waals surface area contributed by atoms with Crippen LogP contribution in [0.3, 0.4) is 0 Å². The summed E-state index contributed by atoms with van der Waals surface area (Å²) in [4.78, 5) is 15.6. The van der Waals surface area contributed by atoms with Gasteiger partial charge in [-0.3, -0.25) is 4.79 Å². The van der Waals surface area contributed by atoms with Gasteiger partial charge in [-0.25, -0.2) is 4.98 Å². The van der Waals surface area contributed by atoms with Crippen LogP contribution in [0.5, 0.6) is 0 Å². The van der Waals surface area contributed by atoms with Gasteiger partial charge in [0, 0.05) is 6.04 Å². The van der Waals surface area contributed by atoms with E-state index in [2.05, 4.69) is 10.3 Å². The van der Waals surface area contributed by atoms with E-state index in [0.29, 0.717) is 18.2 Å². The lowest BCUT2D eigenvalue weighted by molar-refractivity contribution is -0.121. The van der Waals surface area contributed by atoms with Crippen LogP contribution in [0.2, 0.25) is 0 Å². The van der Waals surface area contributed by atoms with E-state index in [1.54, 1.807) is 0 Å². The summed E-state index contributed by atoms with van der Waals surface area (Å²) in [6.07, 6.45) is 6.37. The number of aromatic nitrogens is 1. The fraction of sp³-hybridized carbons (Fsp3) is 0.636. The Kier molecular flexibility index (Phi) is 3.04. The molecule has 0 saturated heterocycles. The van der Waals surface area contributed by atoms with E-state index < -0.39 is 0 Å². The van der Waals surface area contributed by atoms with Crippen molar-refractivity contribution in [1.29, 1.82) is 0 Å². The molecule has 0 bridgehead atoms. The van der Waals surface area contributed by atoms with Crippen molar-refractivity contribution < 1.29 is 9.21 Å². The average Bonchev–Trinajstić information content (AvgIpc) is 2.79. The van der Waals surface area contributed by atoms with E-state index in [4.69, 9.17) is 4.42 Å². The number of carbonyl (C=O) groups is 1. The first-order chi connectivity index (χ1) is 7.25. The van der Waals surface area contributed by atoms with Gasteiger partial charge in [-0.05, 0) is 19.8 Å². The molecule has 1 fully saturated rings. The third-order valence-electron chi connectivity index (χ3n) is 2.89. The van der Waals surface area contributed by atoms with Crippen molar-refractivity contribution in [2.75, 3.05) is 0 Å². The van der Waals surface area contributed by atoms with Gasteiger partial charge >= 0.3 is 0 Å². The summed E-state index contributed by atoms with van der Waals surface area (Å²) in [6.45, 7) is 1.85. The molecule has 0 atom stereocenters. The van der Waals surface area contributed by atoms with Crippen LogP contribution < -0.4 is 5.32 Å². The molecule has 1 heterocycles. The molecule has 1 aliphatic carbocycles. The molecule has 1 amide bonds. The SMILES string of the molecule is Cc1ncoc1CC(=O)NC1CCCC1. The Labute approximate surface area is 89.1 Å². The molecule has 0 radical (unpaired) electrons. The zero-order valence-corrected chi connectivity index (χ0v) is 8.95. The smallest absolute Gasteiger partial charge is 0.227 e. The number of nitrogens with one attached hydrogen (secondary N) is 1. The summed E-state index contributed by atoms with van der Waals surface area (Å²) in [5.41, 5.74) is 0.802. The quantitative estimate of drug-likeness (QED) is 0.820. The molecule has 0 aliphatic heterocycles. The molecular formula is C11H16N2O2. The molecule has 1 saturated carbocycles. The maximum absolute atomic E-state index is 11.6. The van der Waals surface area contributed by atoms with Gasteiger partial charge in [0.15, 0.2) is 6.39 Å². The Morgan fingerprint density at radius 3 is 2.93 bits per heavy atom. The number of hydrogen-bond acceptors (Lipinski definition) is 3. The Hall–Kier alpha value is -1.32.